The third kappa shape index (κ3) is 4.27. The lowest BCUT2D eigenvalue weighted by Crippen LogP contribution is -2.16. The summed E-state index contributed by atoms with van der Waals surface area (Å²) in [5.41, 5.74) is -0.680. The van der Waals surface area contributed by atoms with Crippen molar-refractivity contribution in [1.29, 1.82) is 0 Å². The van der Waals surface area contributed by atoms with Crippen molar-refractivity contribution < 1.29 is 23.1 Å². The summed E-state index contributed by atoms with van der Waals surface area (Å²) >= 11 is 0. The maximum Gasteiger partial charge on any atom is 0.340 e. The highest BCUT2D eigenvalue weighted by Crippen LogP contribution is 2.20. The molecule has 0 spiro atoms. The Morgan fingerprint density at radius 1 is 1.25 bits per heavy atom. The average molecular weight is 286 g/mol. The summed E-state index contributed by atoms with van der Waals surface area (Å²) in [7, 11) is 2.83. The van der Waals surface area contributed by atoms with E-state index in [-0.39, 0.29) is 12.1 Å². The van der Waals surface area contributed by atoms with Crippen molar-refractivity contribution in [3.63, 3.8) is 0 Å². The highest BCUT2D eigenvalue weighted by atomic mass is 19.1. The molecule has 0 aliphatic carbocycles. The van der Waals surface area contributed by atoms with Crippen LogP contribution in [0, 0.1) is 11.6 Å². The number of hydrogen-bond acceptors (Lipinski definition) is 4. The van der Waals surface area contributed by atoms with Gasteiger partial charge in [0, 0.05) is 12.5 Å². The molecule has 0 saturated carbocycles. The van der Waals surface area contributed by atoms with Crippen LogP contribution < -0.4 is 10.6 Å². The first-order valence-corrected chi connectivity index (χ1v) is 6.01. The van der Waals surface area contributed by atoms with Crippen molar-refractivity contribution in [1.82, 2.24) is 5.32 Å². The first kappa shape index (κ1) is 16.0. The van der Waals surface area contributed by atoms with E-state index in [2.05, 4.69) is 15.4 Å². The third-order valence-electron chi connectivity index (χ3n) is 2.57. The van der Waals surface area contributed by atoms with Crippen LogP contribution in [0.25, 0.3) is 0 Å². The minimum absolute atomic E-state index is 0.186. The number of methoxy groups -OCH3 is 1. The lowest BCUT2D eigenvalue weighted by Gasteiger charge is -2.09. The van der Waals surface area contributed by atoms with Gasteiger partial charge < -0.3 is 15.4 Å². The van der Waals surface area contributed by atoms with Gasteiger partial charge in [0.2, 0.25) is 5.91 Å². The summed E-state index contributed by atoms with van der Waals surface area (Å²) in [6.45, 7) is 0.646. The first-order chi connectivity index (χ1) is 9.49. The first-order valence-electron chi connectivity index (χ1n) is 6.01. The molecule has 1 aromatic rings. The molecule has 0 aromatic heterocycles. The zero-order valence-corrected chi connectivity index (χ0v) is 11.3. The molecule has 0 heterocycles. The molecule has 1 aromatic carbocycles. The van der Waals surface area contributed by atoms with Crippen LogP contribution in [0.15, 0.2) is 12.1 Å². The van der Waals surface area contributed by atoms with Crippen molar-refractivity contribution in [2.75, 3.05) is 26.0 Å². The van der Waals surface area contributed by atoms with E-state index in [0.717, 1.165) is 13.2 Å². The van der Waals surface area contributed by atoms with Crippen molar-refractivity contribution >= 4 is 17.6 Å². The number of ether oxygens (including phenoxy) is 1. The summed E-state index contributed by atoms with van der Waals surface area (Å²) < 4.78 is 31.3. The SMILES string of the molecule is CNCCCC(=O)Nc1cc(C(=O)OC)c(F)cc1F. The number of halogens is 2. The van der Waals surface area contributed by atoms with Crippen LogP contribution in [0.5, 0.6) is 0 Å². The van der Waals surface area contributed by atoms with Gasteiger partial charge in [-0.2, -0.15) is 0 Å². The van der Waals surface area contributed by atoms with Crippen molar-refractivity contribution in [2.24, 2.45) is 0 Å². The number of hydrogen-bond donors (Lipinski definition) is 2. The predicted octanol–water partition coefficient (Wildman–Crippen LogP) is 1.69. The van der Waals surface area contributed by atoms with E-state index in [1.54, 1.807) is 7.05 Å². The molecule has 1 rings (SSSR count). The Hall–Kier alpha value is -2.02. The van der Waals surface area contributed by atoms with E-state index in [0.29, 0.717) is 19.0 Å². The average Bonchev–Trinajstić information content (AvgIpc) is 2.41. The molecule has 110 valence electrons. The highest BCUT2D eigenvalue weighted by Gasteiger charge is 2.17. The van der Waals surface area contributed by atoms with Crippen LogP contribution in [-0.2, 0) is 9.53 Å². The van der Waals surface area contributed by atoms with Gasteiger partial charge in [-0.15, -0.1) is 0 Å². The summed E-state index contributed by atoms with van der Waals surface area (Å²) in [6.07, 6.45) is 0.764. The number of esters is 1. The smallest absolute Gasteiger partial charge is 0.340 e. The van der Waals surface area contributed by atoms with E-state index in [1.165, 1.54) is 0 Å². The Morgan fingerprint density at radius 3 is 2.55 bits per heavy atom. The van der Waals surface area contributed by atoms with Crippen LogP contribution in [0.3, 0.4) is 0 Å². The standard InChI is InChI=1S/C13H16F2N2O3/c1-16-5-3-4-12(18)17-11-6-8(13(19)20-2)9(14)7-10(11)15/h6-7,16H,3-5H2,1-2H3,(H,17,18). The molecule has 0 fully saturated rings. The van der Waals surface area contributed by atoms with Gasteiger partial charge in [-0.25, -0.2) is 13.6 Å². The van der Waals surface area contributed by atoms with Gasteiger partial charge >= 0.3 is 5.97 Å². The van der Waals surface area contributed by atoms with Crippen LogP contribution in [0.2, 0.25) is 0 Å². The van der Waals surface area contributed by atoms with Crippen molar-refractivity contribution in [3.05, 3.63) is 29.3 Å². The van der Waals surface area contributed by atoms with Crippen molar-refractivity contribution in [2.45, 2.75) is 12.8 Å². The molecular formula is C13H16F2N2O3. The Morgan fingerprint density at radius 2 is 1.95 bits per heavy atom. The lowest BCUT2D eigenvalue weighted by molar-refractivity contribution is -0.116. The molecule has 1 amide bonds. The summed E-state index contributed by atoms with van der Waals surface area (Å²) in [6, 6.07) is 1.46. The van der Waals surface area contributed by atoms with E-state index in [4.69, 9.17) is 0 Å². The van der Waals surface area contributed by atoms with Gasteiger partial charge in [-0.1, -0.05) is 0 Å². The lowest BCUT2D eigenvalue weighted by atomic mass is 10.1. The number of nitrogens with one attached hydrogen (secondary N) is 2. The van der Waals surface area contributed by atoms with Gasteiger partial charge in [0.1, 0.15) is 11.6 Å². The Balaban J connectivity index is 2.84. The van der Waals surface area contributed by atoms with Crippen molar-refractivity contribution in [3.8, 4) is 0 Å². The molecule has 20 heavy (non-hydrogen) atoms. The number of anilines is 1. The molecule has 0 aliphatic heterocycles. The second kappa shape index (κ2) is 7.54. The zero-order valence-electron chi connectivity index (χ0n) is 11.3. The largest absolute Gasteiger partial charge is 0.465 e. The normalized spacial score (nSPS) is 10.2. The summed E-state index contributed by atoms with van der Waals surface area (Å²) in [5.74, 6) is -3.34. The van der Waals surface area contributed by atoms with Gasteiger partial charge in [-0.05, 0) is 26.1 Å². The maximum absolute atomic E-state index is 13.5. The van der Waals surface area contributed by atoms with E-state index >= 15 is 0 Å². The molecule has 0 atom stereocenters. The third-order valence-corrected chi connectivity index (χ3v) is 2.57. The molecule has 7 heteroatoms. The Labute approximate surface area is 115 Å². The van der Waals surface area contributed by atoms with Gasteiger partial charge in [0.15, 0.2) is 0 Å². The number of carbonyl (C=O) groups excluding carboxylic acids is 2. The van der Waals surface area contributed by atoms with Gasteiger partial charge in [-0.3, -0.25) is 4.79 Å². The molecule has 2 N–H and O–H groups in total. The quantitative estimate of drug-likeness (QED) is 0.617. The fourth-order valence-corrected chi connectivity index (χ4v) is 1.55. The number of rotatable bonds is 6. The fourth-order valence-electron chi connectivity index (χ4n) is 1.55. The Bertz CT molecular complexity index is 507. The molecule has 0 bridgehead atoms. The second-order valence-corrected chi connectivity index (χ2v) is 4.06. The monoisotopic (exact) mass is 286 g/mol. The van der Waals surface area contributed by atoms with E-state index < -0.39 is 29.1 Å². The maximum atomic E-state index is 13.5. The summed E-state index contributed by atoms with van der Waals surface area (Å²) in [5, 5.41) is 5.17. The molecule has 0 unspecified atom stereocenters. The topological polar surface area (TPSA) is 67.4 Å². The van der Waals surface area contributed by atoms with E-state index in [9.17, 15) is 18.4 Å². The molecule has 0 aliphatic rings. The van der Waals surface area contributed by atoms with Gasteiger partial charge in [0.25, 0.3) is 0 Å². The molecule has 0 saturated heterocycles. The Kier molecular flexibility index (Phi) is 6.05. The number of benzene rings is 1. The van der Waals surface area contributed by atoms with Crippen LogP contribution in [0.1, 0.15) is 23.2 Å². The van der Waals surface area contributed by atoms with Crippen LogP contribution in [-0.4, -0.2) is 32.6 Å². The number of carbonyl (C=O) groups is 2. The number of amides is 1. The van der Waals surface area contributed by atoms with Crippen LogP contribution >= 0.6 is 0 Å². The zero-order chi connectivity index (χ0) is 15.1. The minimum atomic E-state index is -1.04. The molecule has 5 nitrogen and oxygen atoms in total. The van der Waals surface area contributed by atoms with Gasteiger partial charge in [0.05, 0.1) is 18.4 Å². The molecule has 0 radical (unpaired) electrons. The van der Waals surface area contributed by atoms with E-state index in [1.807, 2.05) is 0 Å². The predicted molar refractivity (Wildman–Crippen MR) is 69.5 cm³/mol. The second-order valence-electron chi connectivity index (χ2n) is 4.06. The molecular weight excluding hydrogens is 270 g/mol. The highest BCUT2D eigenvalue weighted by molar-refractivity contribution is 5.94. The minimum Gasteiger partial charge on any atom is -0.465 e. The summed E-state index contributed by atoms with van der Waals surface area (Å²) in [4.78, 5) is 22.8. The fraction of sp³-hybridized carbons (Fsp3) is 0.385. The van der Waals surface area contributed by atoms with Crippen LogP contribution in [0.4, 0.5) is 14.5 Å².